The Hall–Kier alpha value is -3.64. The van der Waals surface area contributed by atoms with Gasteiger partial charge in [0.2, 0.25) is 0 Å². The van der Waals surface area contributed by atoms with Crippen LogP contribution in [0.25, 0.3) is 0 Å². The molecule has 0 heterocycles. The van der Waals surface area contributed by atoms with E-state index in [1.807, 2.05) is 85.8 Å². The summed E-state index contributed by atoms with van der Waals surface area (Å²) in [7, 11) is 1.49. The third-order valence-corrected chi connectivity index (χ3v) is 4.47. The summed E-state index contributed by atoms with van der Waals surface area (Å²) < 4.78 is 16.9. The molecule has 0 saturated carbocycles. The molecule has 0 aromatic heterocycles. The van der Waals surface area contributed by atoms with E-state index in [4.69, 9.17) is 14.2 Å². The number of benzene rings is 3. The summed E-state index contributed by atoms with van der Waals surface area (Å²) in [6, 6.07) is 24.7. The van der Waals surface area contributed by atoms with E-state index >= 15 is 0 Å². The molecule has 31 heavy (non-hydrogen) atoms. The first-order valence-electron chi connectivity index (χ1n) is 10.1. The van der Waals surface area contributed by atoms with Crippen molar-refractivity contribution in [2.45, 2.75) is 19.6 Å². The Morgan fingerprint density at radius 2 is 1.68 bits per heavy atom. The number of methoxy groups -OCH3 is 1. The van der Waals surface area contributed by atoms with E-state index in [0.717, 1.165) is 16.7 Å². The molecule has 6 nitrogen and oxygen atoms in total. The van der Waals surface area contributed by atoms with Crippen LogP contribution in [-0.4, -0.2) is 25.8 Å². The monoisotopic (exact) mass is 418 g/mol. The number of amides is 1. The zero-order valence-electron chi connectivity index (χ0n) is 17.7. The Morgan fingerprint density at radius 1 is 0.968 bits per heavy atom. The summed E-state index contributed by atoms with van der Waals surface area (Å²) in [5.74, 6) is 0.918. The second kappa shape index (κ2) is 11.5. The molecule has 3 aromatic rings. The highest BCUT2D eigenvalue weighted by atomic mass is 16.5. The molecule has 1 unspecified atom stereocenters. The van der Waals surface area contributed by atoms with Gasteiger partial charge in [0.1, 0.15) is 6.61 Å². The fraction of sp³-hybridized carbons (Fsp3) is 0.200. The van der Waals surface area contributed by atoms with Gasteiger partial charge in [0.15, 0.2) is 17.6 Å². The molecule has 0 aliphatic rings. The molecule has 0 spiro atoms. The minimum absolute atomic E-state index is 0.349. The van der Waals surface area contributed by atoms with Gasteiger partial charge < -0.3 is 14.2 Å². The van der Waals surface area contributed by atoms with Crippen molar-refractivity contribution in [1.82, 2.24) is 5.43 Å². The van der Waals surface area contributed by atoms with Crippen LogP contribution < -0.4 is 14.9 Å². The topological polar surface area (TPSA) is 69.2 Å². The van der Waals surface area contributed by atoms with Crippen molar-refractivity contribution < 1.29 is 19.0 Å². The summed E-state index contributed by atoms with van der Waals surface area (Å²) in [4.78, 5) is 12.4. The van der Waals surface area contributed by atoms with Crippen LogP contribution in [0, 0.1) is 0 Å². The van der Waals surface area contributed by atoms with Gasteiger partial charge in [-0.3, -0.25) is 4.79 Å². The lowest BCUT2D eigenvalue weighted by atomic mass is 10.1. The second-order valence-electron chi connectivity index (χ2n) is 6.67. The van der Waals surface area contributed by atoms with Crippen LogP contribution in [0.5, 0.6) is 11.5 Å². The van der Waals surface area contributed by atoms with Crippen molar-refractivity contribution in [1.29, 1.82) is 0 Å². The highest BCUT2D eigenvalue weighted by molar-refractivity contribution is 5.85. The highest BCUT2D eigenvalue weighted by Gasteiger charge is 2.19. The third-order valence-electron chi connectivity index (χ3n) is 4.47. The maximum atomic E-state index is 12.4. The maximum Gasteiger partial charge on any atom is 0.273 e. The first-order chi connectivity index (χ1) is 15.2. The molecule has 1 N–H and O–H groups in total. The van der Waals surface area contributed by atoms with E-state index in [9.17, 15) is 4.79 Å². The molecule has 0 radical (unpaired) electrons. The van der Waals surface area contributed by atoms with E-state index in [1.54, 1.807) is 6.21 Å². The van der Waals surface area contributed by atoms with Gasteiger partial charge in [0.25, 0.3) is 5.91 Å². The Morgan fingerprint density at radius 3 is 2.35 bits per heavy atom. The SMILES string of the molecule is CCOc1cc(/C=N/NC(=O)C(OC)c2ccccc2)ccc1OCc1ccccc1. The molecule has 0 bridgehead atoms. The average Bonchev–Trinajstić information content (AvgIpc) is 2.81. The van der Waals surface area contributed by atoms with Gasteiger partial charge in [-0.1, -0.05) is 60.7 Å². The smallest absolute Gasteiger partial charge is 0.273 e. The predicted octanol–water partition coefficient (Wildman–Crippen LogP) is 4.50. The standard InChI is InChI=1S/C25H26N2O4/c1-3-30-23-16-20(14-15-22(23)31-18-19-10-6-4-7-11-19)17-26-27-25(28)24(29-2)21-12-8-5-9-13-21/h4-17,24H,3,18H2,1-2H3,(H,27,28)/b26-17+. The van der Waals surface area contributed by atoms with E-state index in [2.05, 4.69) is 10.5 Å². The Bertz CT molecular complexity index is 991. The van der Waals surface area contributed by atoms with E-state index in [1.165, 1.54) is 7.11 Å². The summed E-state index contributed by atoms with van der Waals surface area (Å²) >= 11 is 0. The molecule has 0 aliphatic carbocycles. The number of hydrogen-bond donors (Lipinski definition) is 1. The van der Waals surface area contributed by atoms with Crippen molar-refractivity contribution in [3.05, 3.63) is 95.6 Å². The van der Waals surface area contributed by atoms with Crippen LogP contribution >= 0.6 is 0 Å². The molecule has 1 amide bonds. The number of hydrazone groups is 1. The van der Waals surface area contributed by atoms with Gasteiger partial charge in [-0.15, -0.1) is 0 Å². The van der Waals surface area contributed by atoms with Crippen LogP contribution in [0.3, 0.4) is 0 Å². The summed E-state index contributed by atoms with van der Waals surface area (Å²) in [5, 5.41) is 4.06. The van der Waals surface area contributed by atoms with Crippen molar-refractivity contribution in [2.24, 2.45) is 5.10 Å². The zero-order valence-corrected chi connectivity index (χ0v) is 17.7. The number of nitrogens with one attached hydrogen (secondary N) is 1. The van der Waals surface area contributed by atoms with E-state index < -0.39 is 6.10 Å². The lowest BCUT2D eigenvalue weighted by molar-refractivity contribution is -0.131. The Labute approximate surface area is 182 Å². The van der Waals surface area contributed by atoms with Crippen LogP contribution in [0.4, 0.5) is 0 Å². The first-order valence-corrected chi connectivity index (χ1v) is 10.1. The minimum atomic E-state index is -0.730. The lowest BCUT2D eigenvalue weighted by Gasteiger charge is -2.14. The molecule has 0 fully saturated rings. The van der Waals surface area contributed by atoms with Gasteiger partial charge in [-0.05, 0) is 41.8 Å². The first kappa shape index (κ1) is 22.1. The van der Waals surface area contributed by atoms with Crippen molar-refractivity contribution in [3.63, 3.8) is 0 Å². The molecule has 3 rings (SSSR count). The number of rotatable bonds is 10. The summed E-state index contributed by atoms with van der Waals surface area (Å²) in [5.41, 5.74) is 5.13. The minimum Gasteiger partial charge on any atom is -0.490 e. The molecular weight excluding hydrogens is 392 g/mol. The molecule has 1 atom stereocenters. The number of carbonyl (C=O) groups is 1. The van der Waals surface area contributed by atoms with Crippen LogP contribution in [0.1, 0.15) is 29.7 Å². The Kier molecular flexibility index (Phi) is 8.20. The fourth-order valence-corrected chi connectivity index (χ4v) is 2.98. The van der Waals surface area contributed by atoms with Gasteiger partial charge in [-0.2, -0.15) is 5.10 Å². The van der Waals surface area contributed by atoms with Crippen LogP contribution in [0.2, 0.25) is 0 Å². The fourth-order valence-electron chi connectivity index (χ4n) is 2.98. The molecule has 160 valence electrons. The zero-order chi connectivity index (χ0) is 21.9. The number of hydrogen-bond acceptors (Lipinski definition) is 5. The lowest BCUT2D eigenvalue weighted by Crippen LogP contribution is -2.26. The van der Waals surface area contributed by atoms with Crippen LogP contribution in [0.15, 0.2) is 84.0 Å². The van der Waals surface area contributed by atoms with E-state index in [-0.39, 0.29) is 5.91 Å². The number of nitrogens with zero attached hydrogens (tertiary/aromatic N) is 1. The van der Waals surface area contributed by atoms with Crippen LogP contribution in [-0.2, 0) is 16.1 Å². The maximum absolute atomic E-state index is 12.4. The molecular formula is C25H26N2O4. The van der Waals surface area contributed by atoms with Gasteiger partial charge in [0.05, 0.1) is 12.8 Å². The second-order valence-corrected chi connectivity index (χ2v) is 6.67. The summed E-state index contributed by atoms with van der Waals surface area (Å²) in [6.45, 7) is 2.87. The van der Waals surface area contributed by atoms with Crippen molar-refractivity contribution in [3.8, 4) is 11.5 Å². The van der Waals surface area contributed by atoms with Gasteiger partial charge in [-0.25, -0.2) is 5.43 Å². The molecule has 3 aromatic carbocycles. The molecule has 0 aliphatic heterocycles. The highest BCUT2D eigenvalue weighted by Crippen LogP contribution is 2.29. The summed E-state index contributed by atoms with van der Waals surface area (Å²) in [6.07, 6.45) is 0.824. The van der Waals surface area contributed by atoms with E-state index in [0.29, 0.717) is 24.7 Å². The largest absolute Gasteiger partial charge is 0.490 e. The Balaban J connectivity index is 1.64. The number of ether oxygens (including phenoxy) is 3. The van der Waals surface area contributed by atoms with Crippen molar-refractivity contribution >= 4 is 12.1 Å². The average molecular weight is 418 g/mol. The molecule has 0 saturated heterocycles. The van der Waals surface area contributed by atoms with Gasteiger partial charge >= 0.3 is 0 Å². The molecule has 6 heteroatoms. The normalized spacial score (nSPS) is 11.8. The van der Waals surface area contributed by atoms with Gasteiger partial charge in [0, 0.05) is 7.11 Å². The quantitative estimate of drug-likeness (QED) is 0.389. The third kappa shape index (κ3) is 6.42. The predicted molar refractivity (Wildman–Crippen MR) is 120 cm³/mol. The van der Waals surface area contributed by atoms with Crippen molar-refractivity contribution in [2.75, 3.05) is 13.7 Å². The number of carbonyl (C=O) groups excluding carboxylic acids is 1.